The highest BCUT2D eigenvalue weighted by atomic mass is 32.2. The third-order valence-corrected chi connectivity index (χ3v) is 4.24. The lowest BCUT2D eigenvalue weighted by molar-refractivity contribution is -0.118. The Kier molecular flexibility index (Phi) is 4.90. The van der Waals surface area contributed by atoms with E-state index < -0.39 is 15.9 Å². The van der Waals surface area contributed by atoms with Crippen LogP contribution >= 0.6 is 0 Å². The Bertz CT molecular complexity index is 538. The molecule has 0 heterocycles. The van der Waals surface area contributed by atoms with Crippen LogP contribution in [0.2, 0.25) is 0 Å². The molecule has 1 aromatic rings. The number of sulfonamides is 1. The summed E-state index contributed by atoms with van der Waals surface area (Å²) in [4.78, 5) is 11.1. The van der Waals surface area contributed by atoms with Gasteiger partial charge in [0, 0.05) is 12.2 Å². The van der Waals surface area contributed by atoms with Crippen LogP contribution in [0.4, 0.5) is 5.69 Å². The molecule has 0 aliphatic heterocycles. The molecule has 4 N–H and O–H groups in total. The fourth-order valence-electron chi connectivity index (χ4n) is 1.62. The number of rotatable bonds is 6. The molecule has 0 fully saturated rings. The predicted molar refractivity (Wildman–Crippen MR) is 73.6 cm³/mol. The fraction of sp³-hybridized carbons (Fsp3) is 0.417. The summed E-state index contributed by atoms with van der Waals surface area (Å²) in [7, 11) is -3.73. The van der Waals surface area contributed by atoms with Crippen molar-refractivity contribution in [3.05, 3.63) is 24.3 Å². The number of nitrogens with zero attached hydrogens (tertiary/aromatic N) is 1. The first-order valence-corrected chi connectivity index (χ1v) is 7.31. The minimum Gasteiger partial charge on any atom is -0.399 e. The van der Waals surface area contributed by atoms with E-state index in [0.717, 1.165) is 4.31 Å². The normalized spacial score (nSPS) is 12.0. The quantitative estimate of drug-likeness (QED) is 0.738. The summed E-state index contributed by atoms with van der Waals surface area (Å²) in [5.41, 5.74) is 11.1. The lowest BCUT2D eigenvalue weighted by atomic mass is 10.2. The van der Waals surface area contributed by atoms with Crippen LogP contribution in [0, 0.1) is 5.92 Å². The number of benzene rings is 1. The number of hydrogen-bond acceptors (Lipinski definition) is 4. The zero-order valence-corrected chi connectivity index (χ0v) is 11.9. The first-order valence-electron chi connectivity index (χ1n) is 5.87. The number of carbonyl (C=O) groups excluding carboxylic acids is 1. The molecule has 0 saturated heterocycles. The van der Waals surface area contributed by atoms with Gasteiger partial charge in [-0.15, -0.1) is 0 Å². The summed E-state index contributed by atoms with van der Waals surface area (Å²) in [6.07, 6.45) is 0. The average Bonchev–Trinajstić information content (AvgIpc) is 2.27. The zero-order valence-electron chi connectivity index (χ0n) is 11.0. The predicted octanol–water partition coefficient (Wildman–Crippen LogP) is 0.401. The molecule has 1 aromatic carbocycles. The minimum absolute atomic E-state index is 0.0860. The van der Waals surface area contributed by atoms with E-state index in [1.54, 1.807) is 0 Å². The third-order valence-electron chi connectivity index (χ3n) is 2.42. The summed E-state index contributed by atoms with van der Waals surface area (Å²) in [6, 6.07) is 5.84. The van der Waals surface area contributed by atoms with E-state index in [1.807, 2.05) is 13.8 Å². The molecule has 0 bridgehead atoms. The van der Waals surface area contributed by atoms with Crippen molar-refractivity contribution in [2.24, 2.45) is 11.7 Å². The molecular weight excluding hydrogens is 266 g/mol. The number of carbonyl (C=O) groups is 1. The van der Waals surface area contributed by atoms with Gasteiger partial charge in [-0.05, 0) is 30.2 Å². The van der Waals surface area contributed by atoms with Crippen molar-refractivity contribution in [1.82, 2.24) is 4.31 Å². The van der Waals surface area contributed by atoms with E-state index in [2.05, 4.69) is 0 Å². The first kappa shape index (κ1) is 15.5. The third kappa shape index (κ3) is 4.22. The maximum absolute atomic E-state index is 12.4. The number of anilines is 1. The molecule has 19 heavy (non-hydrogen) atoms. The Hall–Kier alpha value is -1.60. The van der Waals surface area contributed by atoms with Gasteiger partial charge in [0.1, 0.15) is 0 Å². The highest BCUT2D eigenvalue weighted by Crippen LogP contribution is 2.18. The Balaban J connectivity index is 3.11. The second kappa shape index (κ2) is 6.03. The highest BCUT2D eigenvalue weighted by molar-refractivity contribution is 7.89. The molecule has 6 nitrogen and oxygen atoms in total. The summed E-state index contributed by atoms with van der Waals surface area (Å²) >= 11 is 0. The number of primary amides is 1. The van der Waals surface area contributed by atoms with Crippen LogP contribution in [0.1, 0.15) is 13.8 Å². The molecule has 0 aliphatic rings. The number of nitrogen functional groups attached to an aromatic ring is 1. The number of amides is 1. The van der Waals surface area contributed by atoms with Gasteiger partial charge in [0.05, 0.1) is 11.4 Å². The fourth-order valence-corrected chi connectivity index (χ4v) is 3.19. The van der Waals surface area contributed by atoms with Crippen LogP contribution in [0.25, 0.3) is 0 Å². The molecule has 0 atom stereocenters. The van der Waals surface area contributed by atoms with Crippen molar-refractivity contribution < 1.29 is 13.2 Å². The zero-order chi connectivity index (χ0) is 14.6. The molecule has 0 aromatic heterocycles. The standard InChI is InChI=1S/C12H19N3O3S/c1-9(2)7-15(8-12(14)16)19(17,18)11-5-3-10(13)4-6-11/h3-6,9H,7-8,13H2,1-2H3,(H2,14,16). The van der Waals surface area contributed by atoms with Gasteiger partial charge in [-0.2, -0.15) is 4.31 Å². The molecule has 106 valence electrons. The maximum Gasteiger partial charge on any atom is 0.243 e. The Labute approximate surface area is 113 Å². The van der Waals surface area contributed by atoms with Crippen LogP contribution in [0.15, 0.2) is 29.2 Å². The Morgan fingerprint density at radius 3 is 2.21 bits per heavy atom. The van der Waals surface area contributed by atoms with E-state index in [4.69, 9.17) is 11.5 Å². The highest BCUT2D eigenvalue weighted by Gasteiger charge is 2.26. The van der Waals surface area contributed by atoms with E-state index in [-0.39, 0.29) is 23.9 Å². The van der Waals surface area contributed by atoms with Gasteiger partial charge in [0.2, 0.25) is 15.9 Å². The smallest absolute Gasteiger partial charge is 0.243 e. The molecule has 0 spiro atoms. The SMILES string of the molecule is CC(C)CN(CC(N)=O)S(=O)(=O)c1ccc(N)cc1. The van der Waals surface area contributed by atoms with Gasteiger partial charge >= 0.3 is 0 Å². The van der Waals surface area contributed by atoms with E-state index in [1.165, 1.54) is 24.3 Å². The molecular formula is C12H19N3O3S. The lowest BCUT2D eigenvalue weighted by Crippen LogP contribution is -2.40. The van der Waals surface area contributed by atoms with Crippen molar-refractivity contribution in [3.8, 4) is 0 Å². The van der Waals surface area contributed by atoms with Crippen molar-refractivity contribution in [3.63, 3.8) is 0 Å². The number of nitrogens with two attached hydrogens (primary N) is 2. The van der Waals surface area contributed by atoms with Crippen LogP contribution in [-0.2, 0) is 14.8 Å². The van der Waals surface area contributed by atoms with Crippen molar-refractivity contribution in [2.45, 2.75) is 18.7 Å². The molecule has 0 radical (unpaired) electrons. The van der Waals surface area contributed by atoms with Crippen molar-refractivity contribution in [1.29, 1.82) is 0 Å². The molecule has 7 heteroatoms. The molecule has 1 amide bonds. The monoisotopic (exact) mass is 285 g/mol. The number of hydrogen-bond donors (Lipinski definition) is 2. The molecule has 0 unspecified atom stereocenters. The first-order chi connectivity index (χ1) is 8.73. The van der Waals surface area contributed by atoms with Crippen LogP contribution < -0.4 is 11.5 Å². The van der Waals surface area contributed by atoms with Crippen molar-refractivity contribution >= 4 is 21.6 Å². The second-order valence-electron chi connectivity index (χ2n) is 4.73. The largest absolute Gasteiger partial charge is 0.399 e. The Morgan fingerprint density at radius 2 is 1.79 bits per heavy atom. The molecule has 0 aliphatic carbocycles. The maximum atomic E-state index is 12.4. The van der Waals surface area contributed by atoms with Gasteiger partial charge in [-0.3, -0.25) is 4.79 Å². The van der Waals surface area contributed by atoms with Gasteiger partial charge < -0.3 is 11.5 Å². The van der Waals surface area contributed by atoms with Crippen LogP contribution in [0.5, 0.6) is 0 Å². The second-order valence-corrected chi connectivity index (χ2v) is 6.66. The van der Waals surface area contributed by atoms with Gasteiger partial charge in [0.25, 0.3) is 0 Å². The van der Waals surface area contributed by atoms with Crippen molar-refractivity contribution in [2.75, 3.05) is 18.8 Å². The minimum atomic E-state index is -3.73. The lowest BCUT2D eigenvalue weighted by Gasteiger charge is -2.22. The van der Waals surface area contributed by atoms with Gasteiger partial charge in [0.15, 0.2) is 0 Å². The van der Waals surface area contributed by atoms with E-state index in [9.17, 15) is 13.2 Å². The topological polar surface area (TPSA) is 106 Å². The average molecular weight is 285 g/mol. The van der Waals surface area contributed by atoms with E-state index in [0.29, 0.717) is 5.69 Å². The summed E-state index contributed by atoms with van der Waals surface area (Å²) in [5, 5.41) is 0. The molecule has 0 saturated carbocycles. The van der Waals surface area contributed by atoms with Crippen LogP contribution in [-0.4, -0.2) is 31.7 Å². The summed E-state index contributed by atoms with van der Waals surface area (Å²) in [5.74, 6) is -0.595. The van der Waals surface area contributed by atoms with Gasteiger partial charge in [-0.25, -0.2) is 8.42 Å². The molecule has 1 rings (SSSR count). The van der Waals surface area contributed by atoms with Gasteiger partial charge in [-0.1, -0.05) is 13.8 Å². The summed E-state index contributed by atoms with van der Waals surface area (Å²) in [6.45, 7) is 3.64. The van der Waals surface area contributed by atoms with Crippen LogP contribution in [0.3, 0.4) is 0 Å². The summed E-state index contributed by atoms with van der Waals surface area (Å²) < 4.78 is 25.9. The van der Waals surface area contributed by atoms with E-state index >= 15 is 0 Å². The Morgan fingerprint density at radius 1 is 1.26 bits per heavy atom.